The van der Waals surface area contributed by atoms with E-state index in [1.54, 1.807) is 17.7 Å². The highest BCUT2D eigenvalue weighted by Crippen LogP contribution is 2.40. The number of carbonyl (C=O) groups is 1. The van der Waals surface area contributed by atoms with E-state index in [9.17, 15) is 4.79 Å². The number of hydrogen-bond donors (Lipinski definition) is 2. The molecule has 2 aromatic heterocycles. The van der Waals surface area contributed by atoms with Gasteiger partial charge in [-0.05, 0) is 50.5 Å². The van der Waals surface area contributed by atoms with Crippen LogP contribution in [0.25, 0.3) is 10.2 Å². The molecule has 2 aliphatic carbocycles. The molecule has 2 fully saturated rings. The van der Waals surface area contributed by atoms with E-state index >= 15 is 0 Å². The third-order valence-electron chi connectivity index (χ3n) is 6.84. The van der Waals surface area contributed by atoms with Crippen molar-refractivity contribution < 1.29 is 9.53 Å². The van der Waals surface area contributed by atoms with Gasteiger partial charge in [0.1, 0.15) is 17.0 Å². The summed E-state index contributed by atoms with van der Waals surface area (Å²) in [5.74, 6) is 0.674. The van der Waals surface area contributed by atoms with Gasteiger partial charge >= 0.3 is 0 Å². The zero-order valence-electron chi connectivity index (χ0n) is 16.7. The second-order valence-corrected chi connectivity index (χ2v) is 9.63. The number of rotatable bonds is 4. The lowest BCUT2D eigenvalue weighted by Crippen LogP contribution is -2.46. The predicted molar refractivity (Wildman–Crippen MR) is 114 cm³/mol. The lowest BCUT2D eigenvalue weighted by atomic mass is 9.86. The normalized spacial score (nSPS) is 28.2. The summed E-state index contributed by atoms with van der Waals surface area (Å²) in [6, 6.07) is 1.13. The number of nitrogens with zero attached hydrogens (tertiary/aromatic N) is 3. The number of ether oxygens (including phenoxy) is 1. The van der Waals surface area contributed by atoms with Crippen molar-refractivity contribution in [3.05, 3.63) is 16.8 Å². The van der Waals surface area contributed by atoms with Crippen LogP contribution in [0, 0.1) is 5.92 Å². The van der Waals surface area contributed by atoms with Gasteiger partial charge in [0.15, 0.2) is 0 Å². The molecule has 1 saturated carbocycles. The number of anilines is 1. The van der Waals surface area contributed by atoms with Crippen LogP contribution in [-0.4, -0.2) is 59.2 Å². The quantitative estimate of drug-likeness (QED) is 0.796. The minimum absolute atomic E-state index is 0.0719. The fraction of sp³-hybridized carbons (Fsp3) is 0.667. The third kappa shape index (κ3) is 3.85. The van der Waals surface area contributed by atoms with Crippen LogP contribution < -0.4 is 11.1 Å². The molecule has 2 aromatic rings. The number of thiophene rings is 1. The minimum Gasteiger partial charge on any atom is -0.379 e. The molecule has 1 saturated heterocycles. The summed E-state index contributed by atoms with van der Waals surface area (Å²) in [7, 11) is 0. The van der Waals surface area contributed by atoms with Gasteiger partial charge in [-0.25, -0.2) is 9.97 Å². The number of fused-ring (bicyclic) bond motifs is 3. The second-order valence-electron chi connectivity index (χ2n) is 8.55. The molecule has 0 bridgehead atoms. The van der Waals surface area contributed by atoms with Crippen LogP contribution in [0.4, 0.5) is 5.82 Å². The smallest absolute Gasteiger partial charge is 0.220 e. The first-order valence-electron chi connectivity index (χ1n) is 10.8. The predicted octanol–water partition coefficient (Wildman–Crippen LogP) is 2.34. The van der Waals surface area contributed by atoms with Crippen molar-refractivity contribution >= 4 is 33.3 Å². The zero-order chi connectivity index (χ0) is 19.8. The Morgan fingerprint density at radius 3 is 2.72 bits per heavy atom. The van der Waals surface area contributed by atoms with Crippen molar-refractivity contribution in [3.8, 4) is 0 Å². The van der Waals surface area contributed by atoms with E-state index in [0.29, 0.717) is 12.1 Å². The molecular formula is C21H29N5O2S. The van der Waals surface area contributed by atoms with E-state index in [4.69, 9.17) is 10.5 Å². The van der Waals surface area contributed by atoms with E-state index in [2.05, 4.69) is 20.2 Å². The van der Waals surface area contributed by atoms with Crippen LogP contribution in [0.5, 0.6) is 0 Å². The van der Waals surface area contributed by atoms with Gasteiger partial charge < -0.3 is 15.8 Å². The number of nitrogens with two attached hydrogens (primary N) is 1. The highest BCUT2D eigenvalue weighted by Gasteiger charge is 2.30. The van der Waals surface area contributed by atoms with Gasteiger partial charge in [-0.15, -0.1) is 11.3 Å². The maximum atomic E-state index is 11.8. The molecule has 0 spiro atoms. The van der Waals surface area contributed by atoms with E-state index in [0.717, 1.165) is 74.4 Å². The summed E-state index contributed by atoms with van der Waals surface area (Å²) in [5, 5.41) is 4.84. The van der Waals surface area contributed by atoms with Crippen LogP contribution in [0.1, 0.15) is 42.5 Å². The first-order chi connectivity index (χ1) is 14.2. The number of hydrogen-bond acceptors (Lipinski definition) is 7. The summed E-state index contributed by atoms with van der Waals surface area (Å²) < 4.78 is 5.50. The molecule has 0 radical (unpaired) electrons. The Labute approximate surface area is 175 Å². The van der Waals surface area contributed by atoms with Crippen molar-refractivity contribution in [3.63, 3.8) is 0 Å². The van der Waals surface area contributed by atoms with Crippen molar-refractivity contribution in [2.24, 2.45) is 11.7 Å². The van der Waals surface area contributed by atoms with E-state index in [1.807, 2.05) is 0 Å². The summed E-state index contributed by atoms with van der Waals surface area (Å²) in [4.78, 5) is 25.8. The maximum absolute atomic E-state index is 11.8. The average Bonchev–Trinajstić information content (AvgIpc) is 3.13. The van der Waals surface area contributed by atoms with Crippen molar-refractivity contribution in [1.82, 2.24) is 14.9 Å². The summed E-state index contributed by atoms with van der Waals surface area (Å²) in [5.41, 5.74) is 6.85. The monoisotopic (exact) mass is 415 g/mol. The highest BCUT2D eigenvalue weighted by molar-refractivity contribution is 7.19. The number of morpholine rings is 1. The molecule has 1 aliphatic heterocycles. The van der Waals surface area contributed by atoms with Gasteiger partial charge in [-0.2, -0.15) is 0 Å². The Morgan fingerprint density at radius 1 is 1.17 bits per heavy atom. The second kappa shape index (κ2) is 8.16. The van der Waals surface area contributed by atoms with Gasteiger partial charge in [-0.3, -0.25) is 9.69 Å². The third-order valence-corrected chi connectivity index (χ3v) is 8.04. The number of aryl methyl sites for hydroxylation is 1. The van der Waals surface area contributed by atoms with Gasteiger partial charge in [0.2, 0.25) is 5.91 Å². The Bertz CT molecular complexity index is 887. The number of carbonyl (C=O) groups excluding carboxylic acids is 1. The van der Waals surface area contributed by atoms with Crippen LogP contribution in [0.3, 0.4) is 0 Å². The molecule has 1 amide bonds. The molecule has 8 heteroatoms. The van der Waals surface area contributed by atoms with Gasteiger partial charge in [-0.1, -0.05) is 0 Å². The van der Waals surface area contributed by atoms with Crippen molar-refractivity contribution in [1.29, 1.82) is 0 Å². The molecular weight excluding hydrogens is 386 g/mol. The SMILES string of the molecule is NC(=O)C1CCc2sc3ncnc(N[C@H]4CC[C@H](N5CCOCC5)CC4)c3c2C1. The Morgan fingerprint density at radius 2 is 1.97 bits per heavy atom. The number of primary amides is 1. The van der Waals surface area contributed by atoms with E-state index in [1.165, 1.54) is 23.3 Å². The minimum atomic E-state index is -0.192. The first-order valence-corrected chi connectivity index (χ1v) is 11.6. The maximum Gasteiger partial charge on any atom is 0.220 e. The Kier molecular flexibility index (Phi) is 5.41. The summed E-state index contributed by atoms with van der Waals surface area (Å²) >= 11 is 1.75. The van der Waals surface area contributed by atoms with Crippen molar-refractivity contribution in [2.45, 2.75) is 57.0 Å². The zero-order valence-corrected chi connectivity index (χ0v) is 17.5. The van der Waals surface area contributed by atoms with E-state index < -0.39 is 0 Å². The van der Waals surface area contributed by atoms with Gasteiger partial charge in [0, 0.05) is 36.0 Å². The molecule has 29 heavy (non-hydrogen) atoms. The van der Waals surface area contributed by atoms with Gasteiger partial charge in [0.05, 0.1) is 18.6 Å². The fourth-order valence-electron chi connectivity index (χ4n) is 5.18. The van der Waals surface area contributed by atoms with Crippen LogP contribution in [0.15, 0.2) is 6.33 Å². The van der Waals surface area contributed by atoms with Crippen molar-refractivity contribution in [2.75, 3.05) is 31.6 Å². The lowest BCUT2D eigenvalue weighted by molar-refractivity contribution is -0.122. The summed E-state index contributed by atoms with van der Waals surface area (Å²) in [6.45, 7) is 3.87. The van der Waals surface area contributed by atoms with E-state index in [-0.39, 0.29) is 11.8 Å². The molecule has 3 heterocycles. The number of nitrogens with one attached hydrogen (secondary N) is 1. The summed E-state index contributed by atoms with van der Waals surface area (Å²) in [6.07, 6.45) is 8.89. The Hall–Kier alpha value is -1.77. The number of aromatic nitrogens is 2. The van der Waals surface area contributed by atoms with Gasteiger partial charge in [0.25, 0.3) is 0 Å². The Balaban J connectivity index is 1.31. The highest BCUT2D eigenvalue weighted by atomic mass is 32.1. The first kappa shape index (κ1) is 19.2. The van der Waals surface area contributed by atoms with Crippen LogP contribution >= 0.6 is 11.3 Å². The molecule has 156 valence electrons. The standard InChI is InChI=1S/C21H29N5O2S/c22-19(27)13-1-6-17-16(11-13)18-20(23-12-24-21(18)29-17)25-14-2-4-15(5-3-14)26-7-9-28-10-8-26/h12-15H,1-11H2,(H2,22,27)(H,23,24,25)/t13?,14-,15-. The molecule has 3 N–H and O–H groups in total. The largest absolute Gasteiger partial charge is 0.379 e. The average molecular weight is 416 g/mol. The molecule has 3 aliphatic rings. The molecule has 1 unspecified atom stereocenters. The molecule has 1 atom stereocenters. The molecule has 7 nitrogen and oxygen atoms in total. The lowest BCUT2D eigenvalue weighted by Gasteiger charge is -2.39. The molecule has 0 aromatic carbocycles. The van der Waals surface area contributed by atoms with Crippen LogP contribution in [-0.2, 0) is 22.4 Å². The fourth-order valence-corrected chi connectivity index (χ4v) is 6.37. The topological polar surface area (TPSA) is 93.4 Å². The number of amides is 1. The van der Waals surface area contributed by atoms with Crippen LogP contribution in [0.2, 0.25) is 0 Å². The molecule has 5 rings (SSSR count).